The molecule has 3 aliphatic rings. The summed E-state index contributed by atoms with van der Waals surface area (Å²) >= 11 is 12.2. The van der Waals surface area contributed by atoms with E-state index < -0.39 is 9.75 Å². The number of nitrogens with one attached hydrogen (secondary N) is 1. The zero-order chi connectivity index (χ0) is 15.8. The number of carbonyl (C=O) groups is 1. The molecule has 1 saturated carbocycles. The lowest BCUT2D eigenvalue weighted by Gasteiger charge is -2.48. The number of likely N-dealkylation sites (tertiary alicyclic amines) is 1. The highest BCUT2D eigenvalue weighted by atomic mass is 35.5. The van der Waals surface area contributed by atoms with Gasteiger partial charge in [0.15, 0.2) is 0 Å². The lowest BCUT2D eigenvalue weighted by Crippen LogP contribution is -2.60. The van der Waals surface area contributed by atoms with Crippen molar-refractivity contribution in [1.82, 2.24) is 10.2 Å². The fraction of sp³-hybridized carbons (Fsp3) is 0.938. The van der Waals surface area contributed by atoms with E-state index in [2.05, 4.69) is 10.2 Å². The fourth-order valence-electron chi connectivity index (χ4n) is 3.81. The van der Waals surface area contributed by atoms with Crippen molar-refractivity contribution in [2.75, 3.05) is 32.8 Å². The number of piperidine rings is 1. The summed E-state index contributed by atoms with van der Waals surface area (Å²) in [4.78, 5) is 15.1. The largest absolute Gasteiger partial charge is 0.381 e. The van der Waals surface area contributed by atoms with Gasteiger partial charge in [0, 0.05) is 25.3 Å². The van der Waals surface area contributed by atoms with Gasteiger partial charge in [0.05, 0.1) is 5.41 Å². The minimum Gasteiger partial charge on any atom is -0.381 e. The third-order valence-electron chi connectivity index (χ3n) is 5.79. The molecule has 1 N–H and O–H groups in total. The van der Waals surface area contributed by atoms with Crippen LogP contribution < -0.4 is 5.32 Å². The lowest BCUT2D eigenvalue weighted by atomic mass is 9.86. The van der Waals surface area contributed by atoms with E-state index >= 15 is 0 Å². The van der Waals surface area contributed by atoms with Crippen LogP contribution in [0.3, 0.4) is 0 Å². The topological polar surface area (TPSA) is 41.6 Å². The molecule has 0 spiro atoms. The fourth-order valence-corrected chi connectivity index (χ4v) is 4.52. The molecule has 6 heteroatoms. The van der Waals surface area contributed by atoms with E-state index in [9.17, 15) is 4.79 Å². The maximum atomic E-state index is 12.5. The van der Waals surface area contributed by atoms with Crippen molar-refractivity contribution in [3.8, 4) is 0 Å². The molecule has 0 aromatic carbocycles. The van der Waals surface area contributed by atoms with E-state index in [1.807, 2.05) is 6.92 Å². The van der Waals surface area contributed by atoms with Gasteiger partial charge >= 0.3 is 0 Å². The molecule has 2 saturated heterocycles. The highest BCUT2D eigenvalue weighted by molar-refractivity contribution is 6.53. The van der Waals surface area contributed by atoms with Crippen molar-refractivity contribution in [3.05, 3.63) is 0 Å². The van der Waals surface area contributed by atoms with Gasteiger partial charge in [-0.05, 0) is 52.1 Å². The van der Waals surface area contributed by atoms with Gasteiger partial charge in [-0.1, -0.05) is 6.42 Å². The summed E-state index contributed by atoms with van der Waals surface area (Å²) in [5.41, 5.74) is -0.592. The van der Waals surface area contributed by atoms with Crippen molar-refractivity contribution in [2.45, 2.75) is 55.3 Å². The molecule has 1 atom stereocenters. The number of alkyl halides is 2. The first-order valence-corrected chi connectivity index (χ1v) is 9.14. The standard InChI is InChI=1S/C16H26Cl2N2O2/c1-14(11-16(14,17)18)13(21)19-12-15(5-9-22-10-6-15)20-7-3-2-4-8-20/h2-12H2,1H3,(H,19,21). The van der Waals surface area contributed by atoms with Crippen LogP contribution in [0.25, 0.3) is 0 Å². The molecule has 3 rings (SSSR count). The molecule has 1 amide bonds. The van der Waals surface area contributed by atoms with Crippen LogP contribution in [0.5, 0.6) is 0 Å². The Bertz CT molecular complexity index is 432. The lowest BCUT2D eigenvalue weighted by molar-refractivity contribution is -0.127. The normalized spacial score (nSPS) is 34.1. The number of amides is 1. The van der Waals surface area contributed by atoms with Gasteiger partial charge in [0.1, 0.15) is 4.33 Å². The summed E-state index contributed by atoms with van der Waals surface area (Å²) in [5, 5.41) is 3.14. The Morgan fingerprint density at radius 3 is 2.32 bits per heavy atom. The molecule has 126 valence electrons. The number of hydrogen-bond acceptors (Lipinski definition) is 3. The van der Waals surface area contributed by atoms with Gasteiger partial charge in [-0.15, -0.1) is 23.2 Å². The number of carbonyl (C=O) groups excluding carboxylic acids is 1. The van der Waals surface area contributed by atoms with Crippen molar-refractivity contribution in [2.24, 2.45) is 5.41 Å². The molecule has 0 bridgehead atoms. The van der Waals surface area contributed by atoms with Crippen LogP contribution in [-0.2, 0) is 9.53 Å². The molecule has 0 aromatic rings. The van der Waals surface area contributed by atoms with Crippen LogP contribution in [0.2, 0.25) is 0 Å². The summed E-state index contributed by atoms with van der Waals surface area (Å²) < 4.78 is 4.66. The summed E-state index contributed by atoms with van der Waals surface area (Å²) in [7, 11) is 0. The third kappa shape index (κ3) is 3.00. The predicted octanol–water partition coefficient (Wildman–Crippen LogP) is 2.72. The molecule has 0 radical (unpaired) electrons. The summed E-state index contributed by atoms with van der Waals surface area (Å²) in [6.45, 7) is 6.33. The number of ether oxygens (including phenoxy) is 1. The Hall–Kier alpha value is -0.0300. The smallest absolute Gasteiger partial charge is 0.229 e. The van der Waals surface area contributed by atoms with Gasteiger partial charge in [-0.25, -0.2) is 0 Å². The molecular weight excluding hydrogens is 323 g/mol. The molecule has 1 unspecified atom stereocenters. The predicted molar refractivity (Wildman–Crippen MR) is 88.4 cm³/mol. The second kappa shape index (κ2) is 6.12. The Morgan fingerprint density at radius 1 is 1.18 bits per heavy atom. The average molecular weight is 349 g/mol. The SMILES string of the molecule is CC1(C(=O)NCC2(N3CCCCC3)CCOCC2)CC1(Cl)Cl. The van der Waals surface area contributed by atoms with Gasteiger partial charge in [-0.3, -0.25) is 9.69 Å². The second-order valence-electron chi connectivity index (χ2n) is 7.28. The summed E-state index contributed by atoms with van der Waals surface area (Å²) in [5.74, 6) is -0.0135. The molecule has 2 heterocycles. The Kier molecular flexibility index (Phi) is 4.68. The van der Waals surface area contributed by atoms with Gasteiger partial charge in [-0.2, -0.15) is 0 Å². The Labute approximate surface area is 142 Å². The minimum atomic E-state index is -0.898. The zero-order valence-corrected chi connectivity index (χ0v) is 14.8. The van der Waals surface area contributed by atoms with E-state index in [-0.39, 0.29) is 11.4 Å². The second-order valence-corrected chi connectivity index (χ2v) is 8.76. The van der Waals surface area contributed by atoms with Crippen LogP contribution >= 0.6 is 23.2 Å². The van der Waals surface area contributed by atoms with Crippen LogP contribution in [0.15, 0.2) is 0 Å². The van der Waals surface area contributed by atoms with E-state index in [4.69, 9.17) is 27.9 Å². The van der Waals surface area contributed by atoms with Gasteiger partial charge in [0.25, 0.3) is 0 Å². The van der Waals surface area contributed by atoms with Crippen LogP contribution in [-0.4, -0.2) is 53.5 Å². The highest BCUT2D eigenvalue weighted by Gasteiger charge is 2.68. The van der Waals surface area contributed by atoms with Gasteiger partial charge < -0.3 is 10.1 Å². The maximum Gasteiger partial charge on any atom is 0.229 e. The minimum absolute atomic E-state index is 0.0135. The average Bonchev–Trinajstić information content (AvgIpc) is 3.06. The first kappa shape index (κ1) is 16.8. The molecule has 0 aromatic heterocycles. The monoisotopic (exact) mass is 348 g/mol. The van der Waals surface area contributed by atoms with Crippen molar-refractivity contribution in [3.63, 3.8) is 0 Å². The van der Waals surface area contributed by atoms with Crippen molar-refractivity contribution < 1.29 is 9.53 Å². The zero-order valence-electron chi connectivity index (χ0n) is 13.3. The molecule has 22 heavy (non-hydrogen) atoms. The van der Waals surface area contributed by atoms with E-state index in [1.165, 1.54) is 19.3 Å². The number of rotatable bonds is 4. The van der Waals surface area contributed by atoms with Crippen LogP contribution in [0.1, 0.15) is 45.4 Å². The Balaban J connectivity index is 1.64. The molecular formula is C16H26Cl2N2O2. The van der Waals surface area contributed by atoms with E-state index in [1.54, 1.807) is 0 Å². The van der Waals surface area contributed by atoms with Crippen LogP contribution in [0.4, 0.5) is 0 Å². The molecule has 1 aliphatic carbocycles. The van der Waals surface area contributed by atoms with Gasteiger partial charge in [0.2, 0.25) is 5.91 Å². The molecule has 4 nitrogen and oxygen atoms in total. The van der Waals surface area contributed by atoms with Crippen molar-refractivity contribution >= 4 is 29.1 Å². The number of halogens is 2. The van der Waals surface area contributed by atoms with E-state index in [0.29, 0.717) is 13.0 Å². The number of nitrogens with zero attached hydrogens (tertiary/aromatic N) is 1. The van der Waals surface area contributed by atoms with Crippen molar-refractivity contribution in [1.29, 1.82) is 0 Å². The Morgan fingerprint density at radius 2 is 1.77 bits per heavy atom. The first-order valence-electron chi connectivity index (χ1n) is 8.39. The first-order chi connectivity index (χ1) is 10.4. The van der Waals surface area contributed by atoms with Crippen LogP contribution in [0, 0.1) is 5.41 Å². The summed E-state index contributed by atoms with van der Waals surface area (Å²) in [6.07, 6.45) is 6.32. The quantitative estimate of drug-likeness (QED) is 0.794. The number of hydrogen-bond donors (Lipinski definition) is 1. The molecule has 2 aliphatic heterocycles. The maximum absolute atomic E-state index is 12.5. The summed E-state index contributed by atoms with van der Waals surface area (Å²) in [6, 6.07) is 0. The van der Waals surface area contributed by atoms with E-state index in [0.717, 1.165) is 39.1 Å². The highest BCUT2D eigenvalue weighted by Crippen LogP contribution is 2.63. The third-order valence-corrected chi connectivity index (χ3v) is 6.89. The molecule has 3 fully saturated rings.